The van der Waals surface area contributed by atoms with Crippen LogP contribution in [0.4, 0.5) is 5.69 Å². The van der Waals surface area contributed by atoms with Crippen LogP contribution < -0.4 is 5.32 Å². The normalized spacial score (nSPS) is 21.3. The van der Waals surface area contributed by atoms with E-state index in [1.165, 1.54) is 6.20 Å². The van der Waals surface area contributed by atoms with Crippen molar-refractivity contribution in [1.82, 2.24) is 9.29 Å². The zero-order chi connectivity index (χ0) is 13.9. The molecule has 0 spiro atoms. The maximum Gasteiger partial charge on any atom is 0.244 e. The number of aromatic nitrogens is 1. The minimum absolute atomic E-state index is 0.0709. The molecule has 0 amide bonds. The van der Waals surface area contributed by atoms with Gasteiger partial charge in [0.15, 0.2) is 0 Å². The van der Waals surface area contributed by atoms with Gasteiger partial charge in [-0.2, -0.15) is 4.31 Å². The van der Waals surface area contributed by atoms with E-state index in [0.29, 0.717) is 6.54 Å². The van der Waals surface area contributed by atoms with Crippen LogP contribution in [0.25, 0.3) is 0 Å². The number of sulfonamides is 1. The number of rotatable bonds is 4. The number of hydrogen-bond donors (Lipinski definition) is 1. The molecule has 2 rings (SSSR count). The fourth-order valence-corrected chi connectivity index (χ4v) is 4.11. The zero-order valence-corrected chi connectivity index (χ0v) is 12.3. The van der Waals surface area contributed by atoms with Gasteiger partial charge < -0.3 is 5.32 Å². The lowest BCUT2D eigenvalue weighted by Crippen LogP contribution is -2.41. The highest BCUT2D eigenvalue weighted by atomic mass is 32.2. The smallest absolute Gasteiger partial charge is 0.244 e. The number of nitrogens with zero attached hydrogens (tertiary/aromatic N) is 2. The summed E-state index contributed by atoms with van der Waals surface area (Å²) in [5.74, 6) is 0. The minimum atomic E-state index is -3.42. The van der Waals surface area contributed by atoms with Gasteiger partial charge in [0.2, 0.25) is 10.0 Å². The van der Waals surface area contributed by atoms with Gasteiger partial charge in [-0.15, -0.1) is 0 Å². The van der Waals surface area contributed by atoms with E-state index in [4.69, 9.17) is 0 Å². The monoisotopic (exact) mass is 283 g/mol. The maximum atomic E-state index is 12.6. The van der Waals surface area contributed by atoms with Gasteiger partial charge in [0.05, 0.1) is 11.9 Å². The van der Waals surface area contributed by atoms with E-state index >= 15 is 0 Å². The lowest BCUT2D eigenvalue weighted by Gasteiger charge is -2.32. The van der Waals surface area contributed by atoms with Crippen LogP contribution in [0.3, 0.4) is 0 Å². The Labute approximate surface area is 115 Å². The molecule has 2 heterocycles. The molecule has 1 saturated heterocycles. The summed E-state index contributed by atoms with van der Waals surface area (Å²) in [6.07, 6.45) is 6.03. The van der Waals surface area contributed by atoms with Crippen molar-refractivity contribution in [3.8, 4) is 0 Å². The van der Waals surface area contributed by atoms with Crippen LogP contribution in [0.15, 0.2) is 23.4 Å². The first-order chi connectivity index (χ1) is 9.05. The molecule has 1 aromatic heterocycles. The van der Waals surface area contributed by atoms with Crippen molar-refractivity contribution in [2.24, 2.45) is 0 Å². The van der Waals surface area contributed by atoms with E-state index in [1.807, 2.05) is 13.8 Å². The largest absolute Gasteiger partial charge is 0.384 e. The molecule has 1 fully saturated rings. The highest BCUT2D eigenvalue weighted by Crippen LogP contribution is 2.25. The molecule has 1 aromatic rings. The number of piperidine rings is 1. The van der Waals surface area contributed by atoms with Crippen LogP contribution in [0.5, 0.6) is 0 Å². The predicted molar refractivity (Wildman–Crippen MR) is 75.6 cm³/mol. The van der Waals surface area contributed by atoms with E-state index in [-0.39, 0.29) is 10.9 Å². The summed E-state index contributed by atoms with van der Waals surface area (Å²) in [6.45, 7) is 5.28. The Bertz CT molecular complexity index is 530. The van der Waals surface area contributed by atoms with Gasteiger partial charge in [-0.1, -0.05) is 6.42 Å². The van der Waals surface area contributed by atoms with Gasteiger partial charge in [-0.05, 0) is 32.8 Å². The average molecular weight is 283 g/mol. The van der Waals surface area contributed by atoms with Gasteiger partial charge in [0.25, 0.3) is 0 Å². The highest BCUT2D eigenvalue weighted by Gasteiger charge is 2.31. The summed E-state index contributed by atoms with van der Waals surface area (Å²) in [5.41, 5.74) is 0.744. The minimum Gasteiger partial charge on any atom is -0.384 e. The molecule has 0 aromatic carbocycles. The van der Waals surface area contributed by atoms with Crippen molar-refractivity contribution in [2.45, 2.75) is 44.0 Å². The number of hydrogen-bond acceptors (Lipinski definition) is 4. The van der Waals surface area contributed by atoms with E-state index in [0.717, 1.165) is 31.5 Å². The first-order valence-corrected chi connectivity index (χ1v) is 8.20. The summed E-state index contributed by atoms with van der Waals surface area (Å²) >= 11 is 0. The van der Waals surface area contributed by atoms with Crippen LogP contribution in [-0.2, 0) is 10.0 Å². The lowest BCUT2D eigenvalue weighted by molar-refractivity contribution is 0.268. The molecule has 1 N–H and O–H groups in total. The van der Waals surface area contributed by atoms with Crippen LogP contribution in [0.2, 0.25) is 0 Å². The van der Waals surface area contributed by atoms with Crippen molar-refractivity contribution in [1.29, 1.82) is 0 Å². The summed E-state index contributed by atoms with van der Waals surface area (Å²) < 4.78 is 26.8. The average Bonchev–Trinajstić information content (AvgIpc) is 2.40. The summed E-state index contributed by atoms with van der Waals surface area (Å²) in [4.78, 5) is 4.30. The van der Waals surface area contributed by atoms with Crippen molar-refractivity contribution in [3.63, 3.8) is 0 Å². The molecule has 0 radical (unpaired) electrons. The quantitative estimate of drug-likeness (QED) is 0.919. The standard InChI is InChI=1S/C13H21N3O2S/c1-3-15-12-8-13(10-14-9-12)19(17,18)16-7-5-4-6-11(16)2/h8-11,15H,3-7H2,1-2H3. The Morgan fingerprint density at radius 2 is 2.21 bits per heavy atom. The molecule has 1 aliphatic rings. The molecule has 6 heteroatoms. The highest BCUT2D eigenvalue weighted by molar-refractivity contribution is 7.89. The first-order valence-electron chi connectivity index (χ1n) is 6.76. The van der Waals surface area contributed by atoms with E-state index in [2.05, 4.69) is 10.3 Å². The molecule has 1 aliphatic heterocycles. The second kappa shape index (κ2) is 5.88. The fourth-order valence-electron chi connectivity index (χ4n) is 2.42. The Morgan fingerprint density at radius 1 is 1.42 bits per heavy atom. The first kappa shape index (κ1) is 14.3. The molecule has 5 nitrogen and oxygen atoms in total. The molecular weight excluding hydrogens is 262 g/mol. The second-order valence-corrected chi connectivity index (χ2v) is 6.79. The van der Waals surface area contributed by atoms with E-state index in [1.54, 1.807) is 16.6 Å². The fraction of sp³-hybridized carbons (Fsp3) is 0.615. The van der Waals surface area contributed by atoms with Crippen molar-refractivity contribution < 1.29 is 8.42 Å². The van der Waals surface area contributed by atoms with Gasteiger partial charge in [-0.25, -0.2) is 8.42 Å². The SMILES string of the molecule is CCNc1cncc(S(=O)(=O)N2CCCCC2C)c1. The third-order valence-electron chi connectivity index (χ3n) is 3.44. The van der Waals surface area contributed by atoms with Crippen molar-refractivity contribution in [3.05, 3.63) is 18.5 Å². The molecule has 0 bridgehead atoms. The third kappa shape index (κ3) is 3.06. The van der Waals surface area contributed by atoms with Crippen LogP contribution >= 0.6 is 0 Å². The van der Waals surface area contributed by atoms with Gasteiger partial charge >= 0.3 is 0 Å². The lowest BCUT2D eigenvalue weighted by atomic mass is 10.1. The number of pyridine rings is 1. The van der Waals surface area contributed by atoms with Gasteiger partial charge in [0, 0.05) is 25.3 Å². The van der Waals surface area contributed by atoms with Crippen LogP contribution in [-0.4, -0.2) is 36.8 Å². The molecule has 19 heavy (non-hydrogen) atoms. The van der Waals surface area contributed by atoms with Gasteiger partial charge in [0.1, 0.15) is 4.90 Å². The third-order valence-corrected chi connectivity index (χ3v) is 5.42. The van der Waals surface area contributed by atoms with Crippen molar-refractivity contribution in [2.75, 3.05) is 18.4 Å². The van der Waals surface area contributed by atoms with Crippen LogP contribution in [0, 0.1) is 0 Å². The predicted octanol–water partition coefficient (Wildman–Crippen LogP) is 2.08. The number of anilines is 1. The van der Waals surface area contributed by atoms with E-state index < -0.39 is 10.0 Å². The Balaban J connectivity index is 2.30. The Morgan fingerprint density at radius 3 is 2.89 bits per heavy atom. The van der Waals surface area contributed by atoms with Crippen LogP contribution in [0.1, 0.15) is 33.1 Å². The topological polar surface area (TPSA) is 62.3 Å². The maximum absolute atomic E-state index is 12.6. The summed E-state index contributed by atoms with van der Waals surface area (Å²) in [7, 11) is -3.42. The molecular formula is C13H21N3O2S. The summed E-state index contributed by atoms with van der Waals surface area (Å²) in [6, 6.07) is 1.73. The van der Waals surface area contributed by atoms with Crippen molar-refractivity contribution >= 4 is 15.7 Å². The molecule has 0 aliphatic carbocycles. The van der Waals surface area contributed by atoms with E-state index in [9.17, 15) is 8.42 Å². The molecule has 0 saturated carbocycles. The Hall–Kier alpha value is -1.14. The molecule has 1 unspecified atom stereocenters. The molecule has 1 atom stereocenters. The molecule has 106 valence electrons. The zero-order valence-electron chi connectivity index (χ0n) is 11.5. The number of nitrogens with one attached hydrogen (secondary N) is 1. The van der Waals surface area contributed by atoms with Gasteiger partial charge in [-0.3, -0.25) is 4.98 Å². The second-order valence-electron chi connectivity index (χ2n) is 4.90. The summed E-state index contributed by atoms with van der Waals surface area (Å²) in [5, 5.41) is 3.09. The Kier molecular flexibility index (Phi) is 4.42.